The van der Waals surface area contributed by atoms with Gasteiger partial charge in [-0.05, 0) is 29.8 Å². The van der Waals surface area contributed by atoms with Crippen LogP contribution in [0.2, 0.25) is 5.02 Å². The smallest absolute Gasteiger partial charge is 0.309 e. The van der Waals surface area contributed by atoms with Gasteiger partial charge in [0.25, 0.3) is 5.69 Å². The average molecular weight is 483 g/mol. The molecule has 2 N–H and O–H groups in total. The van der Waals surface area contributed by atoms with Crippen LogP contribution in [-0.2, 0) is 30.9 Å². The standard InChI is InChI=1S/C19H19ClN4O7S/c20-14-3-1-13(2-4-14)11-21-18(25)19(26)22-12-17-23(9-10-31-17)32(29,30)16-7-5-15(6-8-16)24(27)28/h1-8,17H,9-12H2,(H,21,25)(H,22,26). The highest BCUT2D eigenvalue weighted by atomic mass is 35.5. The van der Waals surface area contributed by atoms with Crippen LogP contribution in [-0.4, -0.2) is 55.4 Å². The Hall–Kier alpha value is -3.06. The van der Waals surface area contributed by atoms with Crippen LogP contribution in [0.4, 0.5) is 5.69 Å². The van der Waals surface area contributed by atoms with Crippen LogP contribution < -0.4 is 10.6 Å². The summed E-state index contributed by atoms with van der Waals surface area (Å²) in [6.45, 7) is -0.0124. The molecule has 0 aromatic heterocycles. The van der Waals surface area contributed by atoms with E-state index in [-0.39, 0.29) is 36.8 Å². The Bertz CT molecular complexity index is 1110. The third-order valence-electron chi connectivity index (χ3n) is 4.61. The van der Waals surface area contributed by atoms with Crippen molar-refractivity contribution in [1.29, 1.82) is 0 Å². The Balaban J connectivity index is 1.56. The summed E-state index contributed by atoms with van der Waals surface area (Å²) in [6, 6.07) is 11.1. The van der Waals surface area contributed by atoms with Crippen LogP contribution in [0.15, 0.2) is 53.4 Å². The number of amides is 2. The van der Waals surface area contributed by atoms with Gasteiger partial charge in [0.1, 0.15) is 6.23 Å². The zero-order valence-corrected chi connectivity index (χ0v) is 18.1. The summed E-state index contributed by atoms with van der Waals surface area (Å²) in [5, 5.41) is 16.1. The van der Waals surface area contributed by atoms with Gasteiger partial charge >= 0.3 is 11.8 Å². The Kier molecular flexibility index (Phi) is 7.40. The largest absolute Gasteiger partial charge is 0.359 e. The van der Waals surface area contributed by atoms with Crippen LogP contribution in [0.3, 0.4) is 0 Å². The fourth-order valence-electron chi connectivity index (χ4n) is 2.94. The summed E-state index contributed by atoms with van der Waals surface area (Å²) in [5.74, 6) is -1.83. The molecular weight excluding hydrogens is 464 g/mol. The number of benzene rings is 2. The fraction of sp³-hybridized carbons (Fsp3) is 0.263. The van der Waals surface area contributed by atoms with E-state index in [0.29, 0.717) is 5.02 Å². The van der Waals surface area contributed by atoms with Crippen molar-refractivity contribution in [3.63, 3.8) is 0 Å². The summed E-state index contributed by atoms with van der Waals surface area (Å²) in [5.41, 5.74) is 0.505. The maximum absolute atomic E-state index is 12.9. The summed E-state index contributed by atoms with van der Waals surface area (Å²) >= 11 is 5.79. The van der Waals surface area contributed by atoms with Crippen molar-refractivity contribution < 1.29 is 27.7 Å². The van der Waals surface area contributed by atoms with Gasteiger partial charge in [-0.2, -0.15) is 4.31 Å². The molecule has 0 radical (unpaired) electrons. The van der Waals surface area contributed by atoms with Gasteiger partial charge < -0.3 is 15.4 Å². The molecule has 1 saturated heterocycles. The van der Waals surface area contributed by atoms with Crippen molar-refractivity contribution >= 4 is 39.1 Å². The molecule has 0 aliphatic carbocycles. The first kappa shape index (κ1) is 23.6. The van der Waals surface area contributed by atoms with Crippen molar-refractivity contribution in [1.82, 2.24) is 14.9 Å². The van der Waals surface area contributed by atoms with E-state index < -0.39 is 33.0 Å². The van der Waals surface area contributed by atoms with E-state index >= 15 is 0 Å². The van der Waals surface area contributed by atoms with Gasteiger partial charge in [-0.3, -0.25) is 19.7 Å². The first-order chi connectivity index (χ1) is 15.2. The SMILES string of the molecule is O=C(NCc1ccc(Cl)cc1)C(=O)NCC1OCCN1S(=O)(=O)c1ccc([N+](=O)[O-])cc1. The van der Waals surface area contributed by atoms with Crippen molar-refractivity contribution in [3.05, 3.63) is 69.2 Å². The molecule has 13 heteroatoms. The minimum Gasteiger partial charge on any atom is -0.359 e. The molecule has 2 aromatic rings. The fourth-order valence-corrected chi connectivity index (χ4v) is 4.58. The predicted octanol–water partition coefficient (Wildman–Crippen LogP) is 1.03. The number of carbonyl (C=O) groups is 2. The second-order valence-corrected chi connectivity index (χ2v) is 9.04. The molecule has 0 saturated carbocycles. The molecule has 0 bridgehead atoms. The number of nitro groups is 1. The van der Waals surface area contributed by atoms with E-state index in [1.807, 2.05) is 0 Å². The van der Waals surface area contributed by atoms with Gasteiger partial charge in [0, 0.05) is 30.2 Å². The first-order valence-electron chi connectivity index (χ1n) is 9.37. The van der Waals surface area contributed by atoms with Gasteiger partial charge in [0.05, 0.1) is 23.0 Å². The summed E-state index contributed by atoms with van der Waals surface area (Å²) in [6.07, 6.45) is -1.02. The lowest BCUT2D eigenvalue weighted by molar-refractivity contribution is -0.384. The van der Waals surface area contributed by atoms with E-state index in [9.17, 15) is 28.1 Å². The zero-order valence-electron chi connectivity index (χ0n) is 16.6. The third kappa shape index (κ3) is 5.59. The molecule has 11 nitrogen and oxygen atoms in total. The highest BCUT2D eigenvalue weighted by Crippen LogP contribution is 2.24. The second kappa shape index (κ2) is 10.0. The molecule has 2 aromatic carbocycles. The van der Waals surface area contributed by atoms with E-state index in [1.54, 1.807) is 24.3 Å². The Morgan fingerprint density at radius 1 is 1.09 bits per heavy atom. The third-order valence-corrected chi connectivity index (χ3v) is 6.76. The minimum absolute atomic E-state index is 0.0304. The van der Waals surface area contributed by atoms with Crippen LogP contribution in [0, 0.1) is 10.1 Å². The van der Waals surface area contributed by atoms with Gasteiger partial charge in [0.2, 0.25) is 10.0 Å². The Morgan fingerprint density at radius 3 is 2.34 bits per heavy atom. The number of carbonyl (C=O) groups excluding carboxylic acids is 2. The lowest BCUT2D eigenvalue weighted by Gasteiger charge is -2.22. The normalized spacial score (nSPS) is 16.5. The number of nitrogens with zero attached hydrogens (tertiary/aromatic N) is 2. The highest BCUT2D eigenvalue weighted by Gasteiger charge is 2.36. The van der Waals surface area contributed by atoms with E-state index in [2.05, 4.69) is 10.6 Å². The lowest BCUT2D eigenvalue weighted by atomic mass is 10.2. The molecule has 3 rings (SSSR count). The minimum atomic E-state index is -4.03. The molecule has 0 spiro atoms. The number of nitrogens with one attached hydrogen (secondary N) is 2. The average Bonchev–Trinajstić information content (AvgIpc) is 3.26. The van der Waals surface area contributed by atoms with Crippen molar-refractivity contribution in [3.8, 4) is 0 Å². The molecule has 1 unspecified atom stereocenters. The number of halogens is 1. The summed E-state index contributed by atoms with van der Waals surface area (Å²) in [4.78, 5) is 34.1. The van der Waals surface area contributed by atoms with Crippen molar-refractivity contribution in [2.75, 3.05) is 19.7 Å². The van der Waals surface area contributed by atoms with Gasteiger partial charge in [-0.1, -0.05) is 23.7 Å². The number of rotatable bonds is 7. The van der Waals surface area contributed by atoms with Crippen molar-refractivity contribution in [2.45, 2.75) is 17.7 Å². The number of hydrogen-bond donors (Lipinski definition) is 2. The van der Waals surface area contributed by atoms with E-state index in [1.165, 1.54) is 0 Å². The molecule has 2 amide bonds. The highest BCUT2D eigenvalue weighted by molar-refractivity contribution is 7.89. The zero-order chi connectivity index (χ0) is 23.3. The number of sulfonamides is 1. The monoisotopic (exact) mass is 482 g/mol. The van der Waals surface area contributed by atoms with E-state index in [4.69, 9.17) is 16.3 Å². The Labute approximate surface area is 188 Å². The van der Waals surface area contributed by atoms with Gasteiger partial charge in [-0.25, -0.2) is 8.42 Å². The predicted molar refractivity (Wildman–Crippen MR) is 113 cm³/mol. The molecular formula is C19H19ClN4O7S. The molecule has 32 heavy (non-hydrogen) atoms. The molecule has 1 fully saturated rings. The number of hydrogen-bond acceptors (Lipinski definition) is 7. The maximum atomic E-state index is 12.9. The van der Waals surface area contributed by atoms with E-state index in [0.717, 1.165) is 34.1 Å². The topological polar surface area (TPSA) is 148 Å². The molecule has 1 atom stereocenters. The van der Waals surface area contributed by atoms with Crippen LogP contribution in [0.5, 0.6) is 0 Å². The van der Waals surface area contributed by atoms with Crippen LogP contribution in [0.1, 0.15) is 5.56 Å². The molecule has 1 aliphatic rings. The molecule has 170 valence electrons. The lowest BCUT2D eigenvalue weighted by Crippen LogP contribution is -2.47. The number of nitro benzene ring substituents is 1. The molecule has 1 heterocycles. The Morgan fingerprint density at radius 2 is 1.72 bits per heavy atom. The maximum Gasteiger partial charge on any atom is 0.309 e. The summed E-state index contributed by atoms with van der Waals surface area (Å²) in [7, 11) is -4.03. The first-order valence-corrected chi connectivity index (χ1v) is 11.2. The van der Waals surface area contributed by atoms with Gasteiger partial charge in [-0.15, -0.1) is 0 Å². The van der Waals surface area contributed by atoms with Crippen LogP contribution in [0.25, 0.3) is 0 Å². The summed E-state index contributed by atoms with van der Waals surface area (Å²) < 4.78 is 32.1. The second-order valence-electron chi connectivity index (χ2n) is 6.71. The quantitative estimate of drug-likeness (QED) is 0.340. The van der Waals surface area contributed by atoms with Crippen LogP contribution >= 0.6 is 11.6 Å². The number of ether oxygens (including phenoxy) is 1. The molecule has 1 aliphatic heterocycles. The number of non-ortho nitro benzene ring substituents is 1. The van der Waals surface area contributed by atoms with Gasteiger partial charge in [0.15, 0.2) is 0 Å². The van der Waals surface area contributed by atoms with Crippen molar-refractivity contribution in [2.24, 2.45) is 0 Å².